The Kier molecular flexibility index (Phi) is 6.42. The van der Waals surface area contributed by atoms with Gasteiger partial charge in [-0.15, -0.1) is 0 Å². The van der Waals surface area contributed by atoms with E-state index in [-0.39, 0.29) is 0 Å². The highest BCUT2D eigenvalue weighted by Crippen LogP contribution is 2.31. The van der Waals surface area contributed by atoms with Gasteiger partial charge in [0.2, 0.25) is 0 Å². The Balaban J connectivity index is 1.95. The molecule has 0 radical (unpaired) electrons. The van der Waals surface area contributed by atoms with E-state index in [9.17, 15) is 0 Å². The second kappa shape index (κ2) is 8.08. The second-order valence-corrected chi connectivity index (χ2v) is 6.79. The van der Waals surface area contributed by atoms with Crippen LogP contribution in [0.25, 0.3) is 0 Å². The van der Waals surface area contributed by atoms with Gasteiger partial charge in [0.05, 0.1) is 5.02 Å². The van der Waals surface area contributed by atoms with Crippen molar-refractivity contribution in [2.45, 2.75) is 38.5 Å². The van der Waals surface area contributed by atoms with Crippen LogP contribution in [0.2, 0.25) is 5.02 Å². The van der Waals surface area contributed by atoms with Gasteiger partial charge in [0.1, 0.15) is 0 Å². The summed E-state index contributed by atoms with van der Waals surface area (Å²) in [6.07, 6.45) is 7.65. The molecule has 108 valence electrons. The van der Waals surface area contributed by atoms with Gasteiger partial charge in [-0.25, -0.2) is 0 Å². The Labute approximate surface area is 135 Å². The van der Waals surface area contributed by atoms with Crippen molar-refractivity contribution in [1.29, 1.82) is 0 Å². The van der Waals surface area contributed by atoms with E-state index in [2.05, 4.69) is 27.8 Å². The molecule has 20 heavy (non-hydrogen) atoms. The molecule has 0 spiro atoms. The van der Waals surface area contributed by atoms with Crippen LogP contribution in [0.1, 0.15) is 44.1 Å². The Bertz CT molecular complexity index is 497. The number of rotatable bonds is 3. The Hall–Kier alpha value is -0.490. The van der Waals surface area contributed by atoms with Crippen molar-refractivity contribution in [3.8, 4) is 11.8 Å². The highest BCUT2D eigenvalue weighted by molar-refractivity contribution is 9.10. The third-order valence-corrected chi connectivity index (χ3v) is 5.37. The Morgan fingerprint density at radius 1 is 1.30 bits per heavy atom. The molecule has 1 fully saturated rings. The number of halogens is 2. The average molecular weight is 355 g/mol. The summed E-state index contributed by atoms with van der Waals surface area (Å²) in [7, 11) is 0. The summed E-state index contributed by atoms with van der Waals surface area (Å²) in [6, 6.07) is 5.83. The maximum absolute atomic E-state index is 6.07. The molecule has 0 amide bonds. The average Bonchev–Trinajstić information content (AvgIpc) is 2.48. The standard InChI is InChI=1S/C17H21BrClN/c18-16-10-9-13(11-17(16)19)5-4-8-15(12-20)14-6-2-1-3-7-14/h9-11,14-15H,1-3,6-8,12,20H2. The third kappa shape index (κ3) is 4.52. The zero-order valence-electron chi connectivity index (χ0n) is 11.7. The normalized spacial score (nSPS) is 17.4. The molecular weight excluding hydrogens is 334 g/mol. The zero-order valence-corrected chi connectivity index (χ0v) is 14.0. The lowest BCUT2D eigenvalue weighted by molar-refractivity contribution is 0.256. The highest BCUT2D eigenvalue weighted by Gasteiger charge is 2.21. The molecule has 0 aromatic heterocycles. The van der Waals surface area contributed by atoms with E-state index in [1.807, 2.05) is 18.2 Å². The molecule has 1 aliphatic rings. The van der Waals surface area contributed by atoms with Crippen molar-refractivity contribution in [2.75, 3.05) is 6.54 Å². The van der Waals surface area contributed by atoms with Crippen LogP contribution >= 0.6 is 27.5 Å². The van der Waals surface area contributed by atoms with E-state index in [1.165, 1.54) is 32.1 Å². The van der Waals surface area contributed by atoms with Crippen LogP contribution in [0.5, 0.6) is 0 Å². The van der Waals surface area contributed by atoms with E-state index in [1.54, 1.807) is 0 Å². The van der Waals surface area contributed by atoms with Crippen LogP contribution in [-0.4, -0.2) is 6.54 Å². The summed E-state index contributed by atoms with van der Waals surface area (Å²) in [4.78, 5) is 0. The lowest BCUT2D eigenvalue weighted by Gasteiger charge is -2.28. The minimum absolute atomic E-state index is 0.550. The molecule has 1 aliphatic carbocycles. The van der Waals surface area contributed by atoms with Gasteiger partial charge in [-0.05, 0) is 52.5 Å². The fourth-order valence-electron chi connectivity index (χ4n) is 2.91. The van der Waals surface area contributed by atoms with Gasteiger partial charge >= 0.3 is 0 Å². The molecule has 0 heterocycles. The van der Waals surface area contributed by atoms with E-state index >= 15 is 0 Å². The van der Waals surface area contributed by atoms with Crippen LogP contribution < -0.4 is 5.73 Å². The molecule has 3 heteroatoms. The summed E-state index contributed by atoms with van der Waals surface area (Å²) in [6.45, 7) is 0.750. The van der Waals surface area contributed by atoms with E-state index in [0.29, 0.717) is 10.9 Å². The minimum Gasteiger partial charge on any atom is -0.330 e. The molecule has 1 saturated carbocycles. The molecule has 2 N–H and O–H groups in total. The topological polar surface area (TPSA) is 26.0 Å². The van der Waals surface area contributed by atoms with Crippen molar-refractivity contribution >= 4 is 27.5 Å². The van der Waals surface area contributed by atoms with Crippen molar-refractivity contribution in [3.63, 3.8) is 0 Å². The second-order valence-electron chi connectivity index (χ2n) is 5.53. The van der Waals surface area contributed by atoms with Crippen molar-refractivity contribution in [1.82, 2.24) is 0 Å². The van der Waals surface area contributed by atoms with Crippen molar-refractivity contribution in [2.24, 2.45) is 17.6 Å². The van der Waals surface area contributed by atoms with Crippen LogP contribution in [0.15, 0.2) is 22.7 Å². The molecule has 1 nitrogen and oxygen atoms in total. The SMILES string of the molecule is NCC(CC#Cc1ccc(Br)c(Cl)c1)C1CCCCC1. The number of benzene rings is 1. The molecule has 0 aliphatic heterocycles. The molecule has 1 aromatic carbocycles. The molecule has 1 aromatic rings. The largest absolute Gasteiger partial charge is 0.330 e. The minimum atomic E-state index is 0.550. The molecular formula is C17H21BrClN. The predicted octanol–water partition coefficient (Wildman–Crippen LogP) is 5.00. The Morgan fingerprint density at radius 2 is 2.05 bits per heavy atom. The van der Waals surface area contributed by atoms with Gasteiger partial charge in [0.25, 0.3) is 0 Å². The van der Waals surface area contributed by atoms with Gasteiger partial charge in [0.15, 0.2) is 0 Å². The molecule has 2 rings (SSSR count). The molecule has 1 atom stereocenters. The summed E-state index contributed by atoms with van der Waals surface area (Å²) in [5.41, 5.74) is 6.90. The van der Waals surface area contributed by atoms with Crippen LogP contribution in [0.4, 0.5) is 0 Å². The molecule has 0 bridgehead atoms. The first kappa shape index (κ1) is 15.9. The first-order valence-electron chi connectivity index (χ1n) is 7.34. The summed E-state index contributed by atoms with van der Waals surface area (Å²) in [5.74, 6) is 7.82. The van der Waals surface area contributed by atoms with Gasteiger partial charge in [-0.2, -0.15) is 0 Å². The molecule has 1 unspecified atom stereocenters. The van der Waals surface area contributed by atoms with Crippen molar-refractivity contribution < 1.29 is 0 Å². The molecule has 0 saturated heterocycles. The first-order chi connectivity index (χ1) is 9.70. The lowest BCUT2D eigenvalue weighted by atomic mass is 9.78. The van der Waals surface area contributed by atoms with E-state index in [0.717, 1.165) is 28.9 Å². The maximum atomic E-state index is 6.07. The van der Waals surface area contributed by atoms with Crippen molar-refractivity contribution in [3.05, 3.63) is 33.3 Å². The lowest BCUT2D eigenvalue weighted by Crippen LogP contribution is -2.25. The summed E-state index contributed by atoms with van der Waals surface area (Å²) >= 11 is 9.46. The maximum Gasteiger partial charge on any atom is 0.0560 e. The zero-order chi connectivity index (χ0) is 14.4. The van der Waals surface area contributed by atoms with E-state index in [4.69, 9.17) is 17.3 Å². The number of nitrogens with two attached hydrogens (primary N) is 1. The quantitative estimate of drug-likeness (QED) is 0.759. The summed E-state index contributed by atoms with van der Waals surface area (Å²) in [5, 5.41) is 0.708. The smallest absolute Gasteiger partial charge is 0.0560 e. The van der Waals surface area contributed by atoms with Gasteiger partial charge < -0.3 is 5.73 Å². The van der Waals surface area contributed by atoms with E-state index < -0.39 is 0 Å². The van der Waals surface area contributed by atoms with Crippen LogP contribution in [-0.2, 0) is 0 Å². The highest BCUT2D eigenvalue weighted by atomic mass is 79.9. The predicted molar refractivity (Wildman–Crippen MR) is 89.8 cm³/mol. The number of hydrogen-bond acceptors (Lipinski definition) is 1. The van der Waals surface area contributed by atoms with Crippen LogP contribution in [0.3, 0.4) is 0 Å². The fourth-order valence-corrected chi connectivity index (χ4v) is 3.33. The first-order valence-corrected chi connectivity index (χ1v) is 8.52. The Morgan fingerprint density at radius 3 is 2.70 bits per heavy atom. The van der Waals surface area contributed by atoms with Gasteiger partial charge in [0, 0.05) is 16.5 Å². The third-order valence-electron chi connectivity index (χ3n) is 4.14. The van der Waals surface area contributed by atoms with Gasteiger partial charge in [-0.3, -0.25) is 0 Å². The van der Waals surface area contributed by atoms with Gasteiger partial charge in [-0.1, -0.05) is 55.5 Å². The van der Waals surface area contributed by atoms with Crippen LogP contribution in [0, 0.1) is 23.7 Å². The summed E-state index contributed by atoms with van der Waals surface area (Å²) < 4.78 is 0.909. The monoisotopic (exact) mass is 353 g/mol. The fraction of sp³-hybridized carbons (Fsp3) is 0.529. The number of hydrogen-bond donors (Lipinski definition) is 1.